The topological polar surface area (TPSA) is 88.3 Å². The lowest BCUT2D eigenvalue weighted by Gasteiger charge is -2.31. The molecule has 1 aromatic heterocycles. The number of hydrogen-bond donors (Lipinski definition) is 1. The van der Waals surface area contributed by atoms with Gasteiger partial charge in [0.25, 0.3) is 5.89 Å². The summed E-state index contributed by atoms with van der Waals surface area (Å²) in [6.45, 7) is 2.14. The molecule has 0 spiro atoms. The molecule has 1 aromatic carbocycles. The van der Waals surface area contributed by atoms with Crippen molar-refractivity contribution in [1.82, 2.24) is 15.0 Å². The minimum atomic E-state index is -0.134. The van der Waals surface area contributed by atoms with Gasteiger partial charge in [-0.1, -0.05) is 30.5 Å². The molecule has 2 aliphatic rings. The molecule has 0 radical (unpaired) electrons. The molecule has 2 heterocycles. The van der Waals surface area contributed by atoms with Gasteiger partial charge in [0.15, 0.2) is 5.82 Å². The molecule has 2 fully saturated rings. The van der Waals surface area contributed by atoms with E-state index in [1.165, 1.54) is 26.2 Å². The van der Waals surface area contributed by atoms with Gasteiger partial charge in [-0.15, -0.1) is 0 Å². The maximum absolute atomic E-state index is 12.5. The highest BCUT2D eigenvalue weighted by atomic mass is 16.5. The summed E-state index contributed by atoms with van der Waals surface area (Å²) in [5.41, 5.74) is 1.42. The number of carbonyl (C=O) groups is 2. The Balaban J connectivity index is 1.48. The Morgan fingerprint density at radius 3 is 2.85 bits per heavy atom. The smallest absolute Gasteiger partial charge is 0.258 e. The first-order valence-corrected chi connectivity index (χ1v) is 9.61. The fourth-order valence-electron chi connectivity index (χ4n) is 4.10. The van der Waals surface area contributed by atoms with E-state index in [2.05, 4.69) is 15.5 Å². The van der Waals surface area contributed by atoms with Crippen LogP contribution >= 0.6 is 0 Å². The number of likely N-dealkylation sites (tertiary alicyclic amines) is 1. The number of nitrogens with zero attached hydrogens (tertiary/aromatic N) is 3. The standard InChI is InChI=1S/C20H24N4O3/c1-13(25)21-16-7-5-6-14(10-16)20-22-19(23-27-20)15-11-18(26)24(12-15)17-8-3-2-4-9-17/h5-7,10,15,17H,2-4,8-9,11-12H2,1H3,(H,21,25)/t15-/m0/s1. The van der Waals surface area contributed by atoms with Crippen molar-refractivity contribution >= 4 is 17.5 Å². The highest BCUT2D eigenvalue weighted by Crippen LogP contribution is 2.33. The van der Waals surface area contributed by atoms with Gasteiger partial charge in [0.2, 0.25) is 11.8 Å². The van der Waals surface area contributed by atoms with E-state index in [1.807, 2.05) is 17.0 Å². The third-order valence-electron chi connectivity index (χ3n) is 5.41. The number of rotatable bonds is 4. The first-order chi connectivity index (χ1) is 13.1. The normalized spacial score (nSPS) is 20.9. The van der Waals surface area contributed by atoms with Gasteiger partial charge in [-0.05, 0) is 31.0 Å². The van der Waals surface area contributed by atoms with Crippen molar-refractivity contribution in [1.29, 1.82) is 0 Å². The summed E-state index contributed by atoms with van der Waals surface area (Å²) < 4.78 is 5.44. The molecule has 142 valence electrons. The number of carbonyl (C=O) groups excluding carboxylic acids is 2. The molecular weight excluding hydrogens is 344 g/mol. The number of benzene rings is 1. The Labute approximate surface area is 158 Å². The molecule has 1 N–H and O–H groups in total. The molecule has 1 saturated carbocycles. The van der Waals surface area contributed by atoms with Gasteiger partial charge >= 0.3 is 0 Å². The molecule has 7 nitrogen and oxygen atoms in total. The molecule has 1 aliphatic carbocycles. The lowest BCUT2D eigenvalue weighted by atomic mass is 9.94. The van der Waals surface area contributed by atoms with Gasteiger partial charge in [-0.3, -0.25) is 9.59 Å². The summed E-state index contributed by atoms with van der Waals surface area (Å²) in [5, 5.41) is 6.87. The summed E-state index contributed by atoms with van der Waals surface area (Å²) in [6.07, 6.45) is 6.33. The van der Waals surface area contributed by atoms with E-state index in [1.54, 1.807) is 12.1 Å². The van der Waals surface area contributed by atoms with Crippen LogP contribution in [0.5, 0.6) is 0 Å². The van der Waals surface area contributed by atoms with Crippen molar-refractivity contribution < 1.29 is 14.1 Å². The maximum atomic E-state index is 12.5. The van der Waals surface area contributed by atoms with Crippen molar-refractivity contribution in [3.8, 4) is 11.5 Å². The van der Waals surface area contributed by atoms with Gasteiger partial charge in [0.1, 0.15) is 0 Å². The summed E-state index contributed by atoms with van der Waals surface area (Å²) in [6, 6.07) is 7.66. The van der Waals surface area contributed by atoms with Crippen LogP contribution in [0.4, 0.5) is 5.69 Å². The lowest BCUT2D eigenvalue weighted by Crippen LogP contribution is -2.37. The van der Waals surface area contributed by atoms with E-state index in [0.717, 1.165) is 18.4 Å². The highest BCUT2D eigenvalue weighted by molar-refractivity contribution is 5.89. The Morgan fingerprint density at radius 1 is 1.26 bits per heavy atom. The Kier molecular flexibility index (Phi) is 4.92. The third-order valence-corrected chi connectivity index (χ3v) is 5.41. The van der Waals surface area contributed by atoms with Gasteiger partial charge in [0, 0.05) is 43.1 Å². The zero-order valence-corrected chi connectivity index (χ0v) is 15.5. The van der Waals surface area contributed by atoms with Crippen LogP contribution in [-0.2, 0) is 9.59 Å². The van der Waals surface area contributed by atoms with Gasteiger partial charge in [-0.25, -0.2) is 0 Å². The number of nitrogens with one attached hydrogen (secondary N) is 1. The SMILES string of the molecule is CC(=O)Nc1cccc(-c2nc([C@H]3CC(=O)N(C4CCCCC4)C3)no2)c1. The summed E-state index contributed by atoms with van der Waals surface area (Å²) in [4.78, 5) is 30.3. The molecule has 2 aromatic rings. The van der Waals surface area contributed by atoms with Gasteiger partial charge in [-0.2, -0.15) is 4.98 Å². The fraction of sp³-hybridized carbons (Fsp3) is 0.500. The van der Waals surface area contributed by atoms with E-state index in [4.69, 9.17) is 4.52 Å². The van der Waals surface area contributed by atoms with E-state index >= 15 is 0 Å². The predicted molar refractivity (Wildman–Crippen MR) is 100.0 cm³/mol. The number of anilines is 1. The van der Waals surface area contributed by atoms with Crippen molar-refractivity contribution in [2.45, 2.75) is 57.4 Å². The Hall–Kier alpha value is -2.70. The predicted octanol–water partition coefficient (Wildman–Crippen LogP) is 3.34. The third kappa shape index (κ3) is 3.86. The van der Waals surface area contributed by atoms with Crippen LogP contribution < -0.4 is 5.32 Å². The van der Waals surface area contributed by atoms with Crippen molar-refractivity contribution in [3.63, 3.8) is 0 Å². The average Bonchev–Trinajstić information content (AvgIpc) is 3.29. The summed E-state index contributed by atoms with van der Waals surface area (Å²) in [7, 11) is 0. The second kappa shape index (κ2) is 7.50. The second-order valence-corrected chi connectivity index (χ2v) is 7.46. The molecular formula is C20H24N4O3. The molecule has 1 aliphatic heterocycles. The van der Waals surface area contributed by atoms with Gasteiger partial charge in [0.05, 0.1) is 0 Å². The summed E-state index contributed by atoms with van der Waals surface area (Å²) >= 11 is 0. The number of hydrogen-bond acceptors (Lipinski definition) is 5. The minimum Gasteiger partial charge on any atom is -0.339 e. The van der Waals surface area contributed by atoms with Gasteiger partial charge < -0.3 is 14.7 Å². The molecule has 0 unspecified atom stereocenters. The minimum absolute atomic E-state index is 0.0181. The molecule has 1 saturated heterocycles. The van der Waals surface area contributed by atoms with Crippen LogP contribution in [-0.4, -0.2) is 39.4 Å². The first kappa shape index (κ1) is 17.7. The Bertz CT molecular complexity index is 841. The first-order valence-electron chi connectivity index (χ1n) is 9.61. The maximum Gasteiger partial charge on any atom is 0.258 e. The second-order valence-electron chi connectivity index (χ2n) is 7.46. The largest absolute Gasteiger partial charge is 0.339 e. The van der Waals surface area contributed by atoms with E-state index < -0.39 is 0 Å². The fourth-order valence-corrected chi connectivity index (χ4v) is 4.10. The monoisotopic (exact) mass is 368 g/mol. The van der Waals surface area contributed by atoms with Crippen LogP contribution in [0.15, 0.2) is 28.8 Å². The highest BCUT2D eigenvalue weighted by Gasteiger charge is 2.37. The average molecular weight is 368 g/mol. The lowest BCUT2D eigenvalue weighted by molar-refractivity contribution is -0.130. The molecule has 27 heavy (non-hydrogen) atoms. The quantitative estimate of drug-likeness (QED) is 0.894. The van der Waals surface area contributed by atoms with Crippen LogP contribution in [0.3, 0.4) is 0 Å². The zero-order chi connectivity index (χ0) is 18.8. The van der Waals surface area contributed by atoms with Crippen molar-refractivity contribution in [3.05, 3.63) is 30.1 Å². The van der Waals surface area contributed by atoms with Crippen LogP contribution in [0, 0.1) is 0 Å². The Morgan fingerprint density at radius 2 is 2.07 bits per heavy atom. The zero-order valence-electron chi connectivity index (χ0n) is 15.5. The van der Waals surface area contributed by atoms with E-state index in [9.17, 15) is 9.59 Å². The van der Waals surface area contributed by atoms with Crippen LogP contribution in [0.25, 0.3) is 11.5 Å². The van der Waals surface area contributed by atoms with E-state index in [0.29, 0.717) is 36.4 Å². The molecule has 0 bridgehead atoms. The molecule has 4 rings (SSSR count). The molecule has 2 amide bonds. The molecule has 7 heteroatoms. The van der Waals surface area contributed by atoms with E-state index in [-0.39, 0.29) is 17.7 Å². The van der Waals surface area contributed by atoms with Crippen molar-refractivity contribution in [2.24, 2.45) is 0 Å². The molecule has 1 atom stereocenters. The van der Waals surface area contributed by atoms with Crippen LogP contribution in [0.2, 0.25) is 0 Å². The number of amides is 2. The van der Waals surface area contributed by atoms with Crippen molar-refractivity contribution in [2.75, 3.05) is 11.9 Å². The van der Waals surface area contributed by atoms with Crippen LogP contribution in [0.1, 0.15) is 57.2 Å². The summed E-state index contributed by atoms with van der Waals surface area (Å²) in [5.74, 6) is 1.04. The number of aromatic nitrogens is 2.